The number of pyridine rings is 1. The lowest BCUT2D eigenvalue weighted by molar-refractivity contribution is 0.102. The number of carbonyl (C=O) groups is 1. The standard InChI is InChI=1S/C15H17N5O/c1-11(2)20-14(6-9-18-20)19-15(21)13-5-8-17-10-12(13)4-3-7-16/h5-6,8-11H,7,16H2,1-2H3,(H,19,21). The minimum atomic E-state index is -0.249. The van der Waals surface area contributed by atoms with Crippen LogP contribution >= 0.6 is 0 Å². The van der Waals surface area contributed by atoms with Crippen LogP contribution in [-0.2, 0) is 0 Å². The molecular formula is C15H17N5O. The predicted molar refractivity (Wildman–Crippen MR) is 80.7 cm³/mol. The molecule has 0 aromatic carbocycles. The first-order valence-electron chi connectivity index (χ1n) is 6.61. The molecule has 0 aliphatic rings. The first-order valence-corrected chi connectivity index (χ1v) is 6.61. The van der Waals surface area contributed by atoms with Crippen molar-refractivity contribution in [3.05, 3.63) is 41.9 Å². The van der Waals surface area contributed by atoms with E-state index in [1.54, 1.807) is 35.4 Å². The van der Waals surface area contributed by atoms with E-state index in [-0.39, 0.29) is 18.5 Å². The molecule has 0 fully saturated rings. The van der Waals surface area contributed by atoms with Gasteiger partial charge in [-0.3, -0.25) is 9.78 Å². The van der Waals surface area contributed by atoms with Crippen LogP contribution in [0.3, 0.4) is 0 Å². The monoisotopic (exact) mass is 283 g/mol. The van der Waals surface area contributed by atoms with Crippen LogP contribution in [0.15, 0.2) is 30.7 Å². The van der Waals surface area contributed by atoms with Gasteiger partial charge in [0.25, 0.3) is 5.91 Å². The van der Waals surface area contributed by atoms with Gasteiger partial charge < -0.3 is 11.1 Å². The van der Waals surface area contributed by atoms with Gasteiger partial charge in [-0.2, -0.15) is 5.10 Å². The number of hydrogen-bond donors (Lipinski definition) is 2. The fourth-order valence-corrected chi connectivity index (χ4v) is 1.85. The number of nitrogens with one attached hydrogen (secondary N) is 1. The molecule has 0 saturated heterocycles. The zero-order valence-corrected chi connectivity index (χ0v) is 12.0. The molecule has 0 aliphatic heterocycles. The van der Waals surface area contributed by atoms with E-state index in [0.717, 1.165) is 0 Å². The second-order valence-corrected chi connectivity index (χ2v) is 4.64. The number of aromatic nitrogens is 3. The lowest BCUT2D eigenvalue weighted by Crippen LogP contribution is -2.17. The van der Waals surface area contributed by atoms with Gasteiger partial charge >= 0.3 is 0 Å². The van der Waals surface area contributed by atoms with Gasteiger partial charge in [0.2, 0.25) is 0 Å². The quantitative estimate of drug-likeness (QED) is 0.834. The van der Waals surface area contributed by atoms with Crippen molar-refractivity contribution in [1.82, 2.24) is 14.8 Å². The fourth-order valence-electron chi connectivity index (χ4n) is 1.85. The van der Waals surface area contributed by atoms with Gasteiger partial charge in [-0.15, -0.1) is 0 Å². The van der Waals surface area contributed by atoms with E-state index in [9.17, 15) is 4.79 Å². The minimum Gasteiger partial charge on any atom is -0.320 e. The van der Waals surface area contributed by atoms with Crippen LogP contribution in [0.4, 0.5) is 5.82 Å². The molecule has 0 unspecified atom stereocenters. The molecule has 0 saturated carbocycles. The number of rotatable bonds is 3. The number of carbonyl (C=O) groups excluding carboxylic acids is 1. The molecule has 0 aliphatic carbocycles. The lowest BCUT2D eigenvalue weighted by Gasteiger charge is -2.12. The van der Waals surface area contributed by atoms with Crippen LogP contribution in [0, 0.1) is 11.8 Å². The molecule has 1 amide bonds. The van der Waals surface area contributed by atoms with Gasteiger partial charge in [0.15, 0.2) is 0 Å². The fraction of sp³-hybridized carbons (Fsp3) is 0.267. The summed E-state index contributed by atoms with van der Waals surface area (Å²) < 4.78 is 1.74. The van der Waals surface area contributed by atoms with Crippen molar-refractivity contribution in [2.45, 2.75) is 19.9 Å². The molecular weight excluding hydrogens is 266 g/mol. The van der Waals surface area contributed by atoms with Gasteiger partial charge in [-0.25, -0.2) is 4.68 Å². The van der Waals surface area contributed by atoms with Crippen molar-refractivity contribution >= 4 is 11.7 Å². The Labute approximate surface area is 123 Å². The summed E-state index contributed by atoms with van der Waals surface area (Å²) in [5.41, 5.74) is 6.37. The lowest BCUT2D eigenvalue weighted by atomic mass is 10.1. The van der Waals surface area contributed by atoms with E-state index in [1.165, 1.54) is 0 Å². The molecule has 0 atom stereocenters. The highest BCUT2D eigenvalue weighted by Gasteiger charge is 2.13. The van der Waals surface area contributed by atoms with E-state index in [0.29, 0.717) is 16.9 Å². The smallest absolute Gasteiger partial charge is 0.258 e. The molecule has 0 spiro atoms. The van der Waals surface area contributed by atoms with Crippen molar-refractivity contribution in [3.63, 3.8) is 0 Å². The number of nitrogens with zero attached hydrogens (tertiary/aromatic N) is 3. The molecule has 2 aromatic rings. The highest BCUT2D eigenvalue weighted by atomic mass is 16.1. The summed E-state index contributed by atoms with van der Waals surface area (Å²) >= 11 is 0. The predicted octanol–water partition coefficient (Wildman–Crippen LogP) is 1.42. The Morgan fingerprint density at radius 3 is 2.95 bits per heavy atom. The van der Waals surface area contributed by atoms with Crippen LogP contribution in [-0.4, -0.2) is 27.2 Å². The zero-order valence-electron chi connectivity index (χ0n) is 12.0. The van der Waals surface area contributed by atoms with E-state index in [2.05, 4.69) is 27.2 Å². The number of hydrogen-bond acceptors (Lipinski definition) is 4. The van der Waals surface area contributed by atoms with E-state index >= 15 is 0 Å². The van der Waals surface area contributed by atoms with Crippen LogP contribution in [0.1, 0.15) is 35.8 Å². The Morgan fingerprint density at radius 2 is 2.24 bits per heavy atom. The summed E-state index contributed by atoms with van der Waals surface area (Å²) in [5, 5.41) is 7.02. The van der Waals surface area contributed by atoms with Crippen LogP contribution in [0.25, 0.3) is 0 Å². The van der Waals surface area contributed by atoms with Crippen LogP contribution < -0.4 is 11.1 Å². The van der Waals surface area contributed by atoms with Crippen LogP contribution in [0.2, 0.25) is 0 Å². The van der Waals surface area contributed by atoms with Crippen molar-refractivity contribution in [2.75, 3.05) is 11.9 Å². The first-order chi connectivity index (χ1) is 10.1. The average Bonchev–Trinajstić information content (AvgIpc) is 2.93. The summed E-state index contributed by atoms with van der Waals surface area (Å²) in [6.07, 6.45) is 4.76. The summed E-state index contributed by atoms with van der Waals surface area (Å²) in [5.74, 6) is 5.97. The Balaban J connectivity index is 2.27. The molecule has 6 nitrogen and oxygen atoms in total. The van der Waals surface area contributed by atoms with E-state index in [4.69, 9.17) is 5.73 Å². The number of amides is 1. The van der Waals surface area contributed by atoms with E-state index in [1.807, 2.05) is 13.8 Å². The Hall–Kier alpha value is -2.65. The molecule has 3 N–H and O–H groups in total. The van der Waals surface area contributed by atoms with Gasteiger partial charge in [0.05, 0.1) is 23.9 Å². The zero-order chi connectivity index (χ0) is 15.2. The number of anilines is 1. The second kappa shape index (κ2) is 6.68. The molecule has 2 heterocycles. The van der Waals surface area contributed by atoms with Crippen molar-refractivity contribution < 1.29 is 4.79 Å². The van der Waals surface area contributed by atoms with Gasteiger partial charge in [0, 0.05) is 24.5 Å². The van der Waals surface area contributed by atoms with E-state index < -0.39 is 0 Å². The van der Waals surface area contributed by atoms with Gasteiger partial charge in [-0.1, -0.05) is 11.8 Å². The SMILES string of the molecule is CC(C)n1nccc1NC(=O)c1ccncc1C#CCN. The topological polar surface area (TPSA) is 85.8 Å². The molecule has 0 radical (unpaired) electrons. The highest BCUT2D eigenvalue weighted by molar-refractivity contribution is 6.05. The molecule has 6 heteroatoms. The maximum absolute atomic E-state index is 12.4. The largest absolute Gasteiger partial charge is 0.320 e. The number of nitrogens with two attached hydrogens (primary N) is 1. The van der Waals surface area contributed by atoms with Crippen molar-refractivity contribution in [1.29, 1.82) is 0 Å². The maximum atomic E-state index is 12.4. The average molecular weight is 283 g/mol. The Bertz CT molecular complexity index is 693. The van der Waals surface area contributed by atoms with Crippen molar-refractivity contribution in [2.24, 2.45) is 5.73 Å². The Kier molecular flexibility index (Phi) is 4.69. The third-order valence-electron chi connectivity index (χ3n) is 2.79. The molecule has 2 aromatic heterocycles. The third kappa shape index (κ3) is 3.46. The highest BCUT2D eigenvalue weighted by Crippen LogP contribution is 2.15. The summed E-state index contributed by atoms with van der Waals surface area (Å²) in [6, 6.07) is 3.54. The molecule has 0 bridgehead atoms. The Morgan fingerprint density at radius 1 is 1.43 bits per heavy atom. The van der Waals surface area contributed by atoms with Crippen molar-refractivity contribution in [3.8, 4) is 11.8 Å². The summed E-state index contributed by atoms with van der Waals surface area (Å²) in [4.78, 5) is 16.4. The maximum Gasteiger partial charge on any atom is 0.258 e. The molecule has 21 heavy (non-hydrogen) atoms. The molecule has 2 rings (SSSR count). The normalized spacial score (nSPS) is 10.1. The van der Waals surface area contributed by atoms with Gasteiger partial charge in [-0.05, 0) is 19.9 Å². The molecule has 108 valence electrons. The summed E-state index contributed by atoms with van der Waals surface area (Å²) in [6.45, 7) is 4.22. The second-order valence-electron chi connectivity index (χ2n) is 4.64. The van der Waals surface area contributed by atoms with Crippen LogP contribution in [0.5, 0.6) is 0 Å². The first kappa shape index (κ1) is 14.8. The summed E-state index contributed by atoms with van der Waals surface area (Å²) in [7, 11) is 0. The minimum absolute atomic E-state index is 0.157. The third-order valence-corrected chi connectivity index (χ3v) is 2.79. The van der Waals surface area contributed by atoms with Gasteiger partial charge in [0.1, 0.15) is 5.82 Å².